The standard InChI is InChI=1S/C15H16N4O2/c1-18-14-13(9-17-18)16-10-19(15(14)20)8-7-11-3-5-12(21-2)6-4-11/h3-6,9-10H,7-8H2,1-2H3. The monoisotopic (exact) mass is 284 g/mol. The van der Waals surface area contributed by atoms with Gasteiger partial charge in [0.2, 0.25) is 0 Å². The van der Waals surface area contributed by atoms with E-state index in [1.165, 1.54) is 0 Å². The van der Waals surface area contributed by atoms with Gasteiger partial charge in [0.1, 0.15) is 11.3 Å². The molecule has 0 unspecified atom stereocenters. The van der Waals surface area contributed by atoms with Crippen molar-refractivity contribution in [1.82, 2.24) is 19.3 Å². The van der Waals surface area contributed by atoms with Crippen molar-refractivity contribution in [3.05, 3.63) is 52.7 Å². The van der Waals surface area contributed by atoms with Crippen molar-refractivity contribution < 1.29 is 4.74 Å². The van der Waals surface area contributed by atoms with Gasteiger partial charge in [0.25, 0.3) is 5.56 Å². The lowest BCUT2D eigenvalue weighted by Crippen LogP contribution is -2.23. The smallest absolute Gasteiger partial charge is 0.279 e. The van der Waals surface area contributed by atoms with E-state index < -0.39 is 0 Å². The lowest BCUT2D eigenvalue weighted by molar-refractivity contribution is 0.414. The number of fused-ring (bicyclic) bond motifs is 1. The van der Waals surface area contributed by atoms with Crippen LogP contribution in [0, 0.1) is 0 Å². The van der Waals surface area contributed by atoms with E-state index in [9.17, 15) is 4.79 Å². The van der Waals surface area contributed by atoms with Crippen LogP contribution in [0.2, 0.25) is 0 Å². The molecule has 0 fully saturated rings. The molecular formula is C15H16N4O2. The summed E-state index contributed by atoms with van der Waals surface area (Å²) in [6, 6.07) is 7.83. The van der Waals surface area contributed by atoms with E-state index in [2.05, 4.69) is 10.1 Å². The van der Waals surface area contributed by atoms with Gasteiger partial charge >= 0.3 is 0 Å². The predicted molar refractivity (Wildman–Crippen MR) is 79.5 cm³/mol. The van der Waals surface area contributed by atoms with Crippen LogP contribution in [-0.2, 0) is 20.0 Å². The van der Waals surface area contributed by atoms with E-state index in [1.54, 1.807) is 35.9 Å². The fourth-order valence-electron chi connectivity index (χ4n) is 2.29. The molecule has 2 aromatic heterocycles. The van der Waals surface area contributed by atoms with Crippen LogP contribution in [0.1, 0.15) is 5.56 Å². The van der Waals surface area contributed by atoms with Gasteiger partial charge in [0, 0.05) is 13.6 Å². The lowest BCUT2D eigenvalue weighted by atomic mass is 10.1. The maximum atomic E-state index is 12.4. The molecule has 0 atom stereocenters. The fourth-order valence-corrected chi connectivity index (χ4v) is 2.29. The topological polar surface area (TPSA) is 61.9 Å². The number of ether oxygens (including phenoxy) is 1. The summed E-state index contributed by atoms with van der Waals surface area (Å²) >= 11 is 0. The summed E-state index contributed by atoms with van der Waals surface area (Å²) in [5, 5.41) is 4.06. The van der Waals surface area contributed by atoms with Gasteiger partial charge in [-0.05, 0) is 24.1 Å². The molecule has 0 aliphatic carbocycles. The molecular weight excluding hydrogens is 268 g/mol. The minimum atomic E-state index is -0.0616. The molecule has 0 N–H and O–H groups in total. The summed E-state index contributed by atoms with van der Waals surface area (Å²) in [5.41, 5.74) is 2.25. The molecule has 0 radical (unpaired) electrons. The van der Waals surface area contributed by atoms with Crippen LogP contribution in [0.5, 0.6) is 5.75 Å². The second kappa shape index (κ2) is 5.40. The number of aryl methyl sites for hydroxylation is 3. The highest BCUT2D eigenvalue weighted by molar-refractivity contribution is 5.72. The maximum Gasteiger partial charge on any atom is 0.279 e. The Hall–Kier alpha value is -2.63. The summed E-state index contributed by atoms with van der Waals surface area (Å²) in [4.78, 5) is 16.6. The Morgan fingerprint density at radius 1 is 1.24 bits per heavy atom. The van der Waals surface area contributed by atoms with E-state index >= 15 is 0 Å². The first-order valence-electron chi connectivity index (χ1n) is 6.69. The van der Waals surface area contributed by atoms with Gasteiger partial charge in [0.05, 0.1) is 19.6 Å². The minimum absolute atomic E-state index is 0.0616. The molecule has 6 nitrogen and oxygen atoms in total. The summed E-state index contributed by atoms with van der Waals surface area (Å²) in [7, 11) is 3.39. The van der Waals surface area contributed by atoms with Crippen LogP contribution in [0.3, 0.4) is 0 Å². The van der Waals surface area contributed by atoms with Gasteiger partial charge < -0.3 is 4.74 Å². The first-order valence-corrected chi connectivity index (χ1v) is 6.69. The van der Waals surface area contributed by atoms with Gasteiger partial charge in [0.15, 0.2) is 5.52 Å². The van der Waals surface area contributed by atoms with E-state index in [0.717, 1.165) is 17.7 Å². The maximum absolute atomic E-state index is 12.4. The van der Waals surface area contributed by atoms with Crippen LogP contribution in [0.25, 0.3) is 11.0 Å². The van der Waals surface area contributed by atoms with Gasteiger partial charge in [-0.3, -0.25) is 14.0 Å². The number of benzene rings is 1. The first kappa shape index (κ1) is 13.4. The van der Waals surface area contributed by atoms with Crippen molar-refractivity contribution in [3.8, 4) is 5.75 Å². The summed E-state index contributed by atoms with van der Waals surface area (Å²) in [6.07, 6.45) is 3.94. The van der Waals surface area contributed by atoms with Crippen LogP contribution in [-0.4, -0.2) is 26.4 Å². The molecule has 0 spiro atoms. The van der Waals surface area contributed by atoms with Gasteiger partial charge in [-0.2, -0.15) is 5.10 Å². The van der Waals surface area contributed by atoms with Crippen molar-refractivity contribution in [2.24, 2.45) is 7.05 Å². The van der Waals surface area contributed by atoms with Gasteiger partial charge in [-0.15, -0.1) is 0 Å². The lowest BCUT2D eigenvalue weighted by Gasteiger charge is -2.06. The van der Waals surface area contributed by atoms with Crippen molar-refractivity contribution in [2.45, 2.75) is 13.0 Å². The largest absolute Gasteiger partial charge is 0.497 e. The average Bonchev–Trinajstić information content (AvgIpc) is 2.89. The quantitative estimate of drug-likeness (QED) is 0.726. The Morgan fingerprint density at radius 2 is 2.00 bits per heavy atom. The zero-order valence-corrected chi connectivity index (χ0v) is 12.0. The van der Waals surface area contributed by atoms with Crippen molar-refractivity contribution in [1.29, 1.82) is 0 Å². The third kappa shape index (κ3) is 2.52. The molecule has 0 amide bonds. The molecule has 0 bridgehead atoms. The highest BCUT2D eigenvalue weighted by Crippen LogP contribution is 2.12. The zero-order valence-electron chi connectivity index (χ0n) is 12.0. The van der Waals surface area contributed by atoms with Crippen LogP contribution in [0.15, 0.2) is 41.6 Å². The summed E-state index contributed by atoms with van der Waals surface area (Å²) in [6.45, 7) is 0.583. The normalized spacial score (nSPS) is 11.0. The van der Waals surface area contributed by atoms with Crippen LogP contribution < -0.4 is 10.3 Å². The minimum Gasteiger partial charge on any atom is -0.497 e. The van der Waals surface area contributed by atoms with Gasteiger partial charge in [-0.1, -0.05) is 12.1 Å². The highest BCUT2D eigenvalue weighted by atomic mass is 16.5. The van der Waals surface area contributed by atoms with E-state index in [0.29, 0.717) is 17.6 Å². The van der Waals surface area contributed by atoms with E-state index in [-0.39, 0.29) is 5.56 Å². The summed E-state index contributed by atoms with van der Waals surface area (Å²) in [5.74, 6) is 0.828. The molecule has 2 heterocycles. The second-order valence-corrected chi connectivity index (χ2v) is 4.84. The Balaban J connectivity index is 1.83. The third-order valence-electron chi connectivity index (χ3n) is 3.52. The number of methoxy groups -OCH3 is 1. The highest BCUT2D eigenvalue weighted by Gasteiger charge is 2.08. The van der Waals surface area contributed by atoms with Crippen LogP contribution >= 0.6 is 0 Å². The predicted octanol–water partition coefficient (Wildman–Crippen LogP) is 1.38. The molecule has 21 heavy (non-hydrogen) atoms. The molecule has 0 aliphatic heterocycles. The molecule has 3 rings (SSSR count). The molecule has 3 aromatic rings. The Morgan fingerprint density at radius 3 is 2.71 bits per heavy atom. The molecule has 0 aliphatic rings. The molecule has 108 valence electrons. The number of hydrogen-bond donors (Lipinski definition) is 0. The first-order chi connectivity index (χ1) is 10.2. The Labute approximate surface area is 121 Å². The zero-order chi connectivity index (χ0) is 14.8. The number of aromatic nitrogens is 4. The average molecular weight is 284 g/mol. The number of nitrogens with zero attached hydrogens (tertiary/aromatic N) is 4. The molecule has 1 aromatic carbocycles. The Kier molecular flexibility index (Phi) is 3.43. The van der Waals surface area contributed by atoms with E-state index in [4.69, 9.17) is 4.74 Å². The Bertz CT molecular complexity index is 818. The van der Waals surface area contributed by atoms with Crippen molar-refractivity contribution >= 4 is 11.0 Å². The number of rotatable bonds is 4. The third-order valence-corrected chi connectivity index (χ3v) is 3.52. The van der Waals surface area contributed by atoms with Crippen molar-refractivity contribution in [3.63, 3.8) is 0 Å². The SMILES string of the molecule is COc1ccc(CCn2cnc3cnn(C)c3c2=O)cc1. The molecule has 0 saturated heterocycles. The molecule has 0 saturated carbocycles. The second-order valence-electron chi connectivity index (χ2n) is 4.84. The van der Waals surface area contributed by atoms with Crippen LogP contribution in [0.4, 0.5) is 0 Å². The number of hydrogen-bond acceptors (Lipinski definition) is 4. The molecule has 6 heteroatoms. The van der Waals surface area contributed by atoms with Crippen molar-refractivity contribution in [2.75, 3.05) is 7.11 Å². The summed E-state index contributed by atoms with van der Waals surface area (Å²) < 4.78 is 8.31. The van der Waals surface area contributed by atoms with E-state index in [1.807, 2.05) is 24.3 Å². The fraction of sp³-hybridized carbons (Fsp3) is 0.267. The van der Waals surface area contributed by atoms with Gasteiger partial charge in [-0.25, -0.2) is 4.98 Å².